The fourth-order valence-corrected chi connectivity index (χ4v) is 12.4. The summed E-state index contributed by atoms with van der Waals surface area (Å²) in [6, 6.07) is 0.483. The van der Waals surface area contributed by atoms with Gasteiger partial charge in [0.05, 0.1) is 5.71 Å². The number of halogens is 2. The van der Waals surface area contributed by atoms with E-state index in [2.05, 4.69) is 111 Å². The lowest BCUT2D eigenvalue weighted by Gasteiger charge is -2.42. The smallest absolute Gasteiger partial charge is 0.142 e. The Morgan fingerprint density at radius 2 is 1.14 bits per heavy atom. The van der Waals surface area contributed by atoms with Gasteiger partial charge in [0.25, 0.3) is 0 Å². The predicted octanol–water partition coefficient (Wildman–Crippen LogP) is 11.8. The Morgan fingerprint density at radius 3 is 1.45 bits per heavy atom. The molecule has 0 heterocycles. The number of oxime groups is 1. The van der Waals surface area contributed by atoms with Gasteiger partial charge < -0.3 is 10.9 Å². The average Bonchev–Trinajstić information content (AvgIpc) is 3.91. The molecule has 7 heteroatoms. The first kappa shape index (κ1) is 45.2. The van der Waals surface area contributed by atoms with Gasteiger partial charge in [0, 0.05) is 44.5 Å². The van der Waals surface area contributed by atoms with Crippen LogP contribution in [0.1, 0.15) is 160 Å². The number of fused-ring (bicyclic) bond motifs is 8. The normalized spacial score (nSPS) is 44.3. The third-order valence-corrected chi connectivity index (χ3v) is 16.8. The summed E-state index contributed by atoms with van der Waals surface area (Å²) in [4.78, 5) is 23.1. The highest BCUT2D eigenvalue weighted by Gasteiger charge is 2.57. The minimum Gasteiger partial charge on any atom is -0.411 e. The first-order valence-electron chi connectivity index (χ1n) is 21.0. The highest BCUT2D eigenvalue weighted by atomic mass is 127. The van der Waals surface area contributed by atoms with E-state index in [1.54, 1.807) is 0 Å². The van der Waals surface area contributed by atoms with Crippen molar-refractivity contribution in [3.05, 3.63) is 0 Å². The molecule has 0 aromatic carbocycles. The Morgan fingerprint density at radius 1 is 0.667 bits per heavy atom. The second-order valence-corrected chi connectivity index (χ2v) is 22.4. The van der Waals surface area contributed by atoms with Crippen molar-refractivity contribution in [2.24, 2.45) is 98.1 Å². The van der Waals surface area contributed by atoms with Crippen molar-refractivity contribution in [3.8, 4) is 0 Å². The number of nitrogens with two attached hydrogens (primary N) is 1. The van der Waals surface area contributed by atoms with E-state index in [9.17, 15) is 9.59 Å². The Kier molecular flexibility index (Phi) is 15.7. The lowest BCUT2D eigenvalue weighted by atomic mass is 9.65. The van der Waals surface area contributed by atoms with Crippen LogP contribution in [-0.2, 0) is 9.59 Å². The van der Waals surface area contributed by atoms with Crippen molar-refractivity contribution in [1.29, 1.82) is 0 Å². The van der Waals surface area contributed by atoms with Gasteiger partial charge in [0.2, 0.25) is 0 Å². The topological polar surface area (TPSA) is 92.8 Å². The van der Waals surface area contributed by atoms with Gasteiger partial charge in [0.1, 0.15) is 11.6 Å². The monoisotopic (exact) mass is 844 g/mol. The third kappa shape index (κ3) is 8.48. The molecule has 8 bridgehead atoms. The van der Waals surface area contributed by atoms with Crippen LogP contribution in [0, 0.1) is 87.3 Å². The maximum Gasteiger partial charge on any atom is 0.142 e. The van der Waals surface area contributed by atoms with Gasteiger partial charge in [-0.2, -0.15) is 0 Å². The number of carbonyl (C=O) groups excluding carboxylic acids is 2. The molecule has 5 nitrogen and oxygen atoms in total. The fraction of sp³-hybridized carbons (Fsp3) is 0.932. The van der Waals surface area contributed by atoms with E-state index in [4.69, 9.17) is 10.9 Å². The molecule has 8 aliphatic carbocycles. The van der Waals surface area contributed by atoms with Gasteiger partial charge in [-0.25, -0.2) is 0 Å². The van der Waals surface area contributed by atoms with Crippen molar-refractivity contribution in [2.45, 2.75) is 170 Å². The summed E-state index contributed by atoms with van der Waals surface area (Å²) >= 11 is 2.34. The van der Waals surface area contributed by atoms with Crippen LogP contribution < -0.4 is 5.73 Å². The van der Waals surface area contributed by atoms with Gasteiger partial charge in [-0.1, -0.05) is 111 Å². The van der Waals surface area contributed by atoms with Crippen molar-refractivity contribution in [3.63, 3.8) is 0 Å². The van der Waals surface area contributed by atoms with Crippen LogP contribution in [0.5, 0.6) is 0 Å². The Hall–Kier alpha value is -0.210. The quantitative estimate of drug-likeness (QED) is 0.128. The van der Waals surface area contributed by atoms with Gasteiger partial charge in [-0.3, -0.25) is 9.59 Å². The zero-order chi connectivity index (χ0) is 37.5. The third-order valence-electron chi connectivity index (χ3n) is 16.8. The molecule has 0 radical (unpaired) electrons. The van der Waals surface area contributed by atoms with Crippen LogP contribution in [0.3, 0.4) is 0 Å². The lowest BCUT2D eigenvalue weighted by Crippen LogP contribution is -2.47. The fourth-order valence-electron chi connectivity index (χ4n) is 12.4. The molecule has 0 aromatic rings. The summed E-state index contributed by atoms with van der Waals surface area (Å²) in [5.41, 5.74) is 8.04. The highest BCUT2D eigenvalue weighted by molar-refractivity contribution is 14.1. The SMILES string of the molecule is CC(C)I.CC(C)[C@@]1(C)/C(=N\O)[C@@H]2CC[C@H]1C2.CC(C)[C@@]1(C)C(=O)[C@@H]2CC[C@H]1C2.CC(C)[C@]1(C)[C@H]2CC[C@H](C2)[C@H]1N.C[C@H]1C(=O)[C@@H]2CC[C@H]1C2.Cl. The molecule has 0 amide bonds. The van der Waals surface area contributed by atoms with Gasteiger partial charge in [-0.05, 0) is 130 Å². The minimum absolute atomic E-state index is 0. The Bertz CT molecular complexity index is 1210. The van der Waals surface area contributed by atoms with Crippen molar-refractivity contribution < 1.29 is 14.8 Å². The van der Waals surface area contributed by atoms with E-state index in [-0.39, 0.29) is 23.2 Å². The molecule has 0 aromatic heterocycles. The summed E-state index contributed by atoms with van der Waals surface area (Å²) in [5.74, 6) is 8.90. The molecule has 296 valence electrons. The molecule has 8 rings (SSSR count). The first-order chi connectivity index (χ1) is 23.3. The molecule has 8 saturated carbocycles. The second-order valence-electron chi connectivity index (χ2n) is 19.9. The van der Waals surface area contributed by atoms with Crippen molar-refractivity contribution in [2.75, 3.05) is 0 Å². The number of nitrogens with zero attached hydrogens (tertiary/aromatic N) is 1. The van der Waals surface area contributed by atoms with E-state index in [1.165, 1.54) is 77.0 Å². The van der Waals surface area contributed by atoms with Crippen LogP contribution in [0.4, 0.5) is 0 Å². The van der Waals surface area contributed by atoms with Gasteiger partial charge in [0.15, 0.2) is 0 Å². The molecule has 0 aliphatic heterocycles. The molecule has 8 fully saturated rings. The average molecular weight is 845 g/mol. The molecule has 8 aliphatic rings. The molecule has 0 spiro atoms. The van der Waals surface area contributed by atoms with Crippen LogP contribution >= 0.6 is 35.0 Å². The lowest BCUT2D eigenvalue weighted by molar-refractivity contribution is -0.134. The Labute approximate surface area is 333 Å². The molecule has 13 atom stereocenters. The number of alkyl halides is 1. The Balaban J connectivity index is 0.000000177. The van der Waals surface area contributed by atoms with Crippen molar-refractivity contribution in [1.82, 2.24) is 0 Å². The van der Waals surface area contributed by atoms with Crippen molar-refractivity contribution >= 4 is 52.3 Å². The maximum atomic E-state index is 11.9. The zero-order valence-corrected chi connectivity index (χ0v) is 37.6. The number of rotatable bonds is 3. The van der Waals surface area contributed by atoms with E-state index < -0.39 is 0 Å². The first-order valence-corrected chi connectivity index (χ1v) is 22.2. The molecule has 51 heavy (non-hydrogen) atoms. The molecule has 0 unspecified atom stereocenters. The maximum absolute atomic E-state index is 11.9. The summed E-state index contributed by atoms with van der Waals surface area (Å²) in [5, 5.41) is 12.6. The number of hydrogen-bond donors (Lipinski definition) is 2. The summed E-state index contributed by atoms with van der Waals surface area (Å²) < 4.78 is 0.803. The van der Waals surface area contributed by atoms with Gasteiger partial charge >= 0.3 is 0 Å². The standard InChI is InChI=1S/C11H19NO.C11H21N.C11H18O.C8H12O.C3H7I.ClH/c1-7(2)11(3)9-5-4-8(6-9)10(11)12-13;2*1-7(2)11(3)9-5-4-8(6-9)10(11)12;1-5-6-2-3-7(4-6)8(5)9;1-3(2)4;/h7-9,13H,4-6H2,1-3H3;7-10H,4-6,12H2,1-3H3;7-9H,4-6H2,1-3H3;5-7H,2-4H2,1H3;3H,1-2H3;1H/b12-10-;;;;;/t8-,9+,11-;8-,9+,10-,11-;8-,9+,11-;5-,6+,7-;;/m1111../s1. The van der Waals surface area contributed by atoms with E-state index in [0.717, 1.165) is 39.2 Å². The summed E-state index contributed by atoms with van der Waals surface area (Å²) in [6.45, 7) is 26.8. The molecular formula is C44H78ClIN2O3. The van der Waals surface area contributed by atoms with E-state index in [0.29, 0.717) is 64.4 Å². The molecule has 0 saturated heterocycles. The number of ketones is 2. The summed E-state index contributed by atoms with van der Waals surface area (Å²) in [6.07, 6.45) is 15.5. The van der Waals surface area contributed by atoms with Gasteiger partial charge in [-0.15, -0.1) is 12.4 Å². The van der Waals surface area contributed by atoms with Crippen LogP contribution in [0.15, 0.2) is 5.16 Å². The summed E-state index contributed by atoms with van der Waals surface area (Å²) in [7, 11) is 0. The van der Waals surface area contributed by atoms with E-state index in [1.807, 2.05) is 0 Å². The second kappa shape index (κ2) is 17.7. The molecule has 3 N–H and O–H groups in total. The highest BCUT2D eigenvalue weighted by Crippen LogP contribution is 2.59. The largest absolute Gasteiger partial charge is 0.411 e. The predicted molar refractivity (Wildman–Crippen MR) is 225 cm³/mol. The van der Waals surface area contributed by atoms with Crippen LogP contribution in [-0.4, -0.2) is 32.5 Å². The number of hydrogen-bond acceptors (Lipinski definition) is 5. The van der Waals surface area contributed by atoms with Crippen LogP contribution in [0.2, 0.25) is 0 Å². The number of carbonyl (C=O) groups is 2. The minimum atomic E-state index is 0. The van der Waals surface area contributed by atoms with Crippen LogP contribution in [0.25, 0.3) is 0 Å². The number of Topliss-reactive ketones (excluding diaryl/α,β-unsaturated/α-hetero) is 2. The van der Waals surface area contributed by atoms with E-state index >= 15 is 0 Å². The molecular weight excluding hydrogens is 767 g/mol. The zero-order valence-electron chi connectivity index (χ0n) is 34.6.